The van der Waals surface area contributed by atoms with Gasteiger partial charge >= 0.3 is 0 Å². The average Bonchev–Trinajstić information content (AvgIpc) is 3.03. The van der Waals surface area contributed by atoms with Crippen molar-refractivity contribution in [3.63, 3.8) is 0 Å². The predicted octanol–water partition coefficient (Wildman–Crippen LogP) is 1.58. The molecule has 0 radical (unpaired) electrons. The minimum atomic E-state index is -0.300. The summed E-state index contributed by atoms with van der Waals surface area (Å²) in [6.45, 7) is 9.70. The zero-order valence-electron chi connectivity index (χ0n) is 13.6. The van der Waals surface area contributed by atoms with E-state index in [-0.39, 0.29) is 24.6 Å². The van der Waals surface area contributed by atoms with Crippen LogP contribution >= 0.6 is 0 Å². The first-order valence-electron chi connectivity index (χ1n) is 7.38. The highest BCUT2D eigenvalue weighted by Gasteiger charge is 2.19. The molecule has 3 N–H and O–H groups in total. The van der Waals surface area contributed by atoms with Crippen molar-refractivity contribution >= 4 is 5.91 Å². The number of carbonyl (C=O) groups is 1. The number of aliphatic hydroxyl groups excluding tert-OH is 1. The van der Waals surface area contributed by atoms with Crippen LogP contribution in [0.1, 0.15) is 48.7 Å². The number of aliphatic hydroxyl groups is 1. The Bertz CT molecular complexity index is 672. The lowest BCUT2D eigenvalue weighted by molar-refractivity contribution is 0.0917. The maximum absolute atomic E-state index is 12.0. The number of aromatic amines is 1. The standard InChI is InChI=1S/C15H23N5O2/c1-8(2)20-11(5)14(10(4)19-20)12-6-13(18-17-12)15(22)16-9(3)7-21/h6,8-9,21H,7H2,1-5H3,(H,16,22)(H,17,18). The minimum Gasteiger partial charge on any atom is -0.394 e. The van der Waals surface area contributed by atoms with Gasteiger partial charge in [0.05, 0.1) is 18.0 Å². The summed E-state index contributed by atoms with van der Waals surface area (Å²) in [6, 6.07) is 1.67. The number of hydrogen-bond acceptors (Lipinski definition) is 4. The zero-order chi connectivity index (χ0) is 16.4. The Hall–Kier alpha value is -2.15. The number of H-pyrrole nitrogens is 1. The first-order valence-corrected chi connectivity index (χ1v) is 7.38. The van der Waals surface area contributed by atoms with E-state index in [1.807, 2.05) is 18.5 Å². The van der Waals surface area contributed by atoms with Crippen LogP contribution in [0.25, 0.3) is 11.3 Å². The quantitative estimate of drug-likeness (QED) is 0.781. The highest BCUT2D eigenvalue weighted by Crippen LogP contribution is 2.27. The highest BCUT2D eigenvalue weighted by molar-refractivity contribution is 5.93. The van der Waals surface area contributed by atoms with E-state index in [0.717, 1.165) is 17.0 Å². The largest absolute Gasteiger partial charge is 0.394 e. The minimum absolute atomic E-state index is 0.105. The van der Waals surface area contributed by atoms with E-state index in [0.29, 0.717) is 11.4 Å². The Morgan fingerprint density at radius 3 is 2.64 bits per heavy atom. The molecule has 0 fully saturated rings. The second-order valence-electron chi connectivity index (χ2n) is 5.81. The molecule has 1 atom stereocenters. The molecule has 2 aromatic heterocycles. The number of carbonyl (C=O) groups excluding carboxylic acids is 1. The predicted molar refractivity (Wildman–Crippen MR) is 83.7 cm³/mol. The van der Waals surface area contributed by atoms with Gasteiger partial charge in [-0.05, 0) is 40.7 Å². The molecule has 2 heterocycles. The molecule has 0 aromatic carbocycles. The molecule has 0 saturated carbocycles. The summed E-state index contributed by atoms with van der Waals surface area (Å²) >= 11 is 0. The van der Waals surface area contributed by atoms with Crippen LogP contribution in [0.4, 0.5) is 0 Å². The van der Waals surface area contributed by atoms with Gasteiger partial charge in [-0.15, -0.1) is 0 Å². The summed E-state index contributed by atoms with van der Waals surface area (Å²) in [5.41, 5.74) is 3.91. The van der Waals surface area contributed by atoms with Crippen molar-refractivity contribution in [3.05, 3.63) is 23.1 Å². The van der Waals surface area contributed by atoms with Gasteiger partial charge in [0.25, 0.3) is 5.91 Å². The van der Waals surface area contributed by atoms with Crippen molar-refractivity contribution in [2.45, 2.75) is 46.7 Å². The van der Waals surface area contributed by atoms with Gasteiger partial charge in [-0.25, -0.2) is 0 Å². The van der Waals surface area contributed by atoms with Crippen molar-refractivity contribution < 1.29 is 9.90 Å². The molecule has 0 aliphatic carbocycles. The topological polar surface area (TPSA) is 95.8 Å². The highest BCUT2D eigenvalue weighted by atomic mass is 16.3. The van der Waals surface area contributed by atoms with Gasteiger partial charge in [-0.2, -0.15) is 10.2 Å². The van der Waals surface area contributed by atoms with Gasteiger partial charge in [0.2, 0.25) is 0 Å². The van der Waals surface area contributed by atoms with Gasteiger partial charge in [0.15, 0.2) is 0 Å². The molecule has 2 aromatic rings. The number of hydrogen-bond donors (Lipinski definition) is 3. The van der Waals surface area contributed by atoms with Gasteiger partial charge in [0, 0.05) is 23.3 Å². The van der Waals surface area contributed by atoms with Crippen molar-refractivity contribution in [2.75, 3.05) is 6.61 Å². The number of aryl methyl sites for hydroxylation is 1. The first kappa shape index (κ1) is 16.2. The molecule has 2 rings (SSSR count). The molecular formula is C15H23N5O2. The maximum atomic E-state index is 12.0. The third-order valence-corrected chi connectivity index (χ3v) is 3.54. The Morgan fingerprint density at radius 1 is 1.41 bits per heavy atom. The fourth-order valence-electron chi connectivity index (χ4n) is 2.45. The lowest BCUT2D eigenvalue weighted by Crippen LogP contribution is -2.35. The third kappa shape index (κ3) is 3.04. The Morgan fingerprint density at radius 2 is 2.09 bits per heavy atom. The Kier molecular flexibility index (Phi) is 4.65. The van der Waals surface area contributed by atoms with Gasteiger partial charge in [-0.3, -0.25) is 14.6 Å². The third-order valence-electron chi connectivity index (χ3n) is 3.54. The van der Waals surface area contributed by atoms with E-state index >= 15 is 0 Å². The molecule has 0 spiro atoms. The van der Waals surface area contributed by atoms with Gasteiger partial charge in [0.1, 0.15) is 5.69 Å². The van der Waals surface area contributed by atoms with Crippen molar-refractivity contribution in [1.29, 1.82) is 0 Å². The lowest BCUT2D eigenvalue weighted by Gasteiger charge is -2.08. The summed E-state index contributed by atoms with van der Waals surface area (Å²) in [5.74, 6) is -0.285. The number of nitrogens with zero attached hydrogens (tertiary/aromatic N) is 3. The van der Waals surface area contributed by atoms with E-state index in [2.05, 4.69) is 34.5 Å². The zero-order valence-corrected chi connectivity index (χ0v) is 13.6. The molecule has 7 nitrogen and oxygen atoms in total. The molecule has 22 heavy (non-hydrogen) atoms. The number of rotatable bonds is 5. The van der Waals surface area contributed by atoms with Crippen molar-refractivity contribution in [3.8, 4) is 11.3 Å². The first-order chi connectivity index (χ1) is 10.3. The molecule has 0 saturated heterocycles. The lowest BCUT2D eigenvalue weighted by atomic mass is 10.1. The van der Waals surface area contributed by atoms with Crippen LogP contribution in [0.3, 0.4) is 0 Å². The molecule has 1 amide bonds. The normalized spacial score (nSPS) is 12.7. The van der Waals surface area contributed by atoms with E-state index in [1.165, 1.54) is 0 Å². The van der Waals surface area contributed by atoms with E-state index in [4.69, 9.17) is 5.11 Å². The molecule has 0 aliphatic heterocycles. The summed E-state index contributed by atoms with van der Waals surface area (Å²) in [4.78, 5) is 12.0. The second kappa shape index (κ2) is 6.31. The molecular weight excluding hydrogens is 282 g/mol. The van der Waals surface area contributed by atoms with Gasteiger partial charge < -0.3 is 10.4 Å². The van der Waals surface area contributed by atoms with Crippen LogP contribution in [0.15, 0.2) is 6.07 Å². The molecule has 1 unspecified atom stereocenters. The van der Waals surface area contributed by atoms with Crippen LogP contribution in [0.2, 0.25) is 0 Å². The Balaban J connectivity index is 2.31. The smallest absolute Gasteiger partial charge is 0.269 e. The van der Waals surface area contributed by atoms with E-state index in [1.54, 1.807) is 13.0 Å². The molecule has 7 heteroatoms. The fourth-order valence-corrected chi connectivity index (χ4v) is 2.45. The Labute approximate surface area is 129 Å². The van der Waals surface area contributed by atoms with Crippen LogP contribution in [0.5, 0.6) is 0 Å². The van der Waals surface area contributed by atoms with E-state index < -0.39 is 0 Å². The van der Waals surface area contributed by atoms with Crippen LogP contribution in [-0.4, -0.2) is 43.6 Å². The molecule has 0 aliphatic rings. The summed E-state index contributed by atoms with van der Waals surface area (Å²) in [5, 5.41) is 23.2. The van der Waals surface area contributed by atoms with Crippen LogP contribution in [-0.2, 0) is 0 Å². The summed E-state index contributed by atoms with van der Waals surface area (Å²) in [6.07, 6.45) is 0. The van der Waals surface area contributed by atoms with Crippen LogP contribution < -0.4 is 5.32 Å². The molecule has 0 bridgehead atoms. The average molecular weight is 305 g/mol. The monoisotopic (exact) mass is 305 g/mol. The fraction of sp³-hybridized carbons (Fsp3) is 0.533. The SMILES string of the molecule is Cc1nn(C(C)C)c(C)c1-c1cc(C(=O)NC(C)CO)[nH]n1. The van der Waals surface area contributed by atoms with Crippen LogP contribution in [0, 0.1) is 13.8 Å². The van der Waals surface area contributed by atoms with Crippen molar-refractivity contribution in [1.82, 2.24) is 25.3 Å². The second-order valence-corrected chi connectivity index (χ2v) is 5.81. The maximum Gasteiger partial charge on any atom is 0.269 e. The number of nitrogens with one attached hydrogen (secondary N) is 2. The number of amides is 1. The van der Waals surface area contributed by atoms with E-state index in [9.17, 15) is 4.79 Å². The van der Waals surface area contributed by atoms with Gasteiger partial charge in [-0.1, -0.05) is 0 Å². The van der Waals surface area contributed by atoms with Crippen molar-refractivity contribution in [2.24, 2.45) is 0 Å². The summed E-state index contributed by atoms with van der Waals surface area (Å²) < 4.78 is 1.95. The molecule has 120 valence electrons. The summed E-state index contributed by atoms with van der Waals surface area (Å²) in [7, 11) is 0. The number of aromatic nitrogens is 4.